The highest BCUT2D eigenvalue weighted by Crippen LogP contribution is 2.20. The smallest absolute Gasteiger partial charge is 0.119 e. The number of aromatic hydroxyl groups is 1. The van der Waals surface area contributed by atoms with Crippen LogP contribution in [0.2, 0.25) is 0 Å². The van der Waals surface area contributed by atoms with E-state index < -0.39 is 0 Å². The lowest BCUT2D eigenvalue weighted by molar-refractivity contribution is 0.471. The van der Waals surface area contributed by atoms with E-state index in [-0.39, 0.29) is 0 Å². The van der Waals surface area contributed by atoms with Crippen LogP contribution < -0.4 is 0 Å². The van der Waals surface area contributed by atoms with Crippen LogP contribution in [0.5, 0.6) is 5.75 Å². The Hall–Kier alpha value is -0.980. The van der Waals surface area contributed by atoms with E-state index in [2.05, 4.69) is 13.3 Å². The van der Waals surface area contributed by atoms with Gasteiger partial charge in [0.25, 0.3) is 0 Å². The summed E-state index contributed by atoms with van der Waals surface area (Å²) in [7, 11) is 0. The fourth-order valence-electron chi connectivity index (χ4n) is 1.84. The Balaban J connectivity index is 2.05. The zero-order chi connectivity index (χ0) is 11.6. The van der Waals surface area contributed by atoms with Gasteiger partial charge in [0, 0.05) is 0 Å². The molecule has 1 rings (SSSR count). The molecule has 1 heteroatoms. The third-order valence-corrected chi connectivity index (χ3v) is 2.86. The maximum absolute atomic E-state index is 9.55. The number of phenols is 1. The molecule has 1 nitrogen and oxygen atoms in total. The van der Waals surface area contributed by atoms with Crippen LogP contribution in [-0.4, -0.2) is 5.11 Å². The van der Waals surface area contributed by atoms with Gasteiger partial charge in [0.1, 0.15) is 5.75 Å². The average Bonchev–Trinajstić information content (AvgIpc) is 2.30. The first-order valence-corrected chi connectivity index (χ1v) is 6.45. The Morgan fingerprint density at radius 3 is 2.44 bits per heavy atom. The SMILES string of the molecule is CCCCCCCC[CH]c1ccccc1O. The molecule has 0 saturated carbocycles. The largest absolute Gasteiger partial charge is 0.508 e. The van der Waals surface area contributed by atoms with Gasteiger partial charge < -0.3 is 5.11 Å². The molecule has 0 unspecified atom stereocenters. The van der Waals surface area contributed by atoms with E-state index in [1.807, 2.05) is 18.2 Å². The second kappa shape index (κ2) is 8.20. The number of para-hydroxylation sites is 1. The molecule has 0 aliphatic heterocycles. The van der Waals surface area contributed by atoms with Crippen LogP contribution in [-0.2, 0) is 0 Å². The molecular weight excluding hydrogens is 196 g/mol. The lowest BCUT2D eigenvalue weighted by atomic mass is 10.0. The monoisotopic (exact) mass is 219 g/mol. The number of unbranched alkanes of at least 4 members (excludes halogenated alkanes) is 6. The molecule has 0 spiro atoms. The van der Waals surface area contributed by atoms with Crippen molar-refractivity contribution in [2.75, 3.05) is 0 Å². The van der Waals surface area contributed by atoms with E-state index in [0.29, 0.717) is 5.75 Å². The second-order valence-corrected chi connectivity index (χ2v) is 4.32. The lowest BCUT2D eigenvalue weighted by Gasteiger charge is -2.03. The van der Waals surface area contributed by atoms with Gasteiger partial charge in [0.05, 0.1) is 0 Å². The Labute approximate surface area is 99.5 Å². The molecule has 0 atom stereocenters. The van der Waals surface area contributed by atoms with Crippen molar-refractivity contribution in [2.24, 2.45) is 0 Å². The summed E-state index contributed by atoms with van der Waals surface area (Å²) in [6.45, 7) is 2.24. The van der Waals surface area contributed by atoms with Gasteiger partial charge in [-0.25, -0.2) is 0 Å². The Morgan fingerprint density at radius 1 is 1.00 bits per heavy atom. The van der Waals surface area contributed by atoms with Crippen molar-refractivity contribution in [1.29, 1.82) is 0 Å². The third-order valence-electron chi connectivity index (χ3n) is 2.86. The summed E-state index contributed by atoms with van der Waals surface area (Å²) < 4.78 is 0. The molecule has 0 heterocycles. The summed E-state index contributed by atoms with van der Waals surface area (Å²) in [5.74, 6) is 0.397. The fourth-order valence-corrected chi connectivity index (χ4v) is 1.84. The molecule has 0 saturated heterocycles. The van der Waals surface area contributed by atoms with Crippen molar-refractivity contribution in [2.45, 2.75) is 51.9 Å². The van der Waals surface area contributed by atoms with Crippen molar-refractivity contribution in [3.05, 3.63) is 36.2 Å². The number of hydrogen-bond donors (Lipinski definition) is 1. The Kier molecular flexibility index (Phi) is 6.71. The first-order valence-electron chi connectivity index (χ1n) is 6.45. The Morgan fingerprint density at radius 2 is 1.69 bits per heavy atom. The number of phenolic OH excluding ortho intramolecular Hbond substituents is 1. The minimum absolute atomic E-state index is 0.397. The summed E-state index contributed by atoms with van der Waals surface area (Å²) in [5.41, 5.74) is 0.969. The van der Waals surface area contributed by atoms with Crippen LogP contribution in [0.4, 0.5) is 0 Å². The quantitative estimate of drug-likeness (QED) is 0.628. The molecule has 1 aromatic carbocycles. The summed E-state index contributed by atoms with van der Waals surface area (Å²) >= 11 is 0. The molecule has 0 aliphatic rings. The zero-order valence-electron chi connectivity index (χ0n) is 10.3. The topological polar surface area (TPSA) is 20.2 Å². The third kappa shape index (κ3) is 5.20. The van der Waals surface area contributed by atoms with E-state index in [9.17, 15) is 5.11 Å². The highest BCUT2D eigenvalue weighted by Gasteiger charge is 1.99. The molecule has 1 radical (unpaired) electrons. The molecule has 0 bridgehead atoms. The van der Waals surface area contributed by atoms with Crippen molar-refractivity contribution in [1.82, 2.24) is 0 Å². The maximum Gasteiger partial charge on any atom is 0.119 e. The Bertz CT molecular complexity index is 281. The van der Waals surface area contributed by atoms with Gasteiger partial charge in [-0.3, -0.25) is 0 Å². The van der Waals surface area contributed by atoms with Crippen molar-refractivity contribution >= 4 is 0 Å². The molecule has 16 heavy (non-hydrogen) atoms. The fraction of sp³-hybridized carbons (Fsp3) is 0.533. The van der Waals surface area contributed by atoms with E-state index >= 15 is 0 Å². The predicted molar refractivity (Wildman–Crippen MR) is 69.5 cm³/mol. The summed E-state index contributed by atoms with van der Waals surface area (Å²) in [6.07, 6.45) is 11.1. The first kappa shape index (κ1) is 13.1. The molecule has 0 aliphatic carbocycles. The maximum atomic E-state index is 9.55. The molecule has 89 valence electrons. The lowest BCUT2D eigenvalue weighted by Crippen LogP contribution is -1.84. The van der Waals surface area contributed by atoms with E-state index in [0.717, 1.165) is 12.0 Å². The van der Waals surface area contributed by atoms with Gasteiger partial charge in [-0.2, -0.15) is 0 Å². The van der Waals surface area contributed by atoms with E-state index in [4.69, 9.17) is 0 Å². The number of hydrogen-bond acceptors (Lipinski definition) is 1. The van der Waals surface area contributed by atoms with Gasteiger partial charge in [0.15, 0.2) is 0 Å². The van der Waals surface area contributed by atoms with Gasteiger partial charge in [0.2, 0.25) is 0 Å². The van der Waals surface area contributed by atoms with Crippen LogP contribution in [0, 0.1) is 6.42 Å². The highest BCUT2D eigenvalue weighted by molar-refractivity contribution is 5.36. The summed E-state index contributed by atoms with van der Waals surface area (Å²) in [5, 5.41) is 9.55. The average molecular weight is 219 g/mol. The van der Waals surface area contributed by atoms with E-state index in [1.54, 1.807) is 6.07 Å². The second-order valence-electron chi connectivity index (χ2n) is 4.32. The number of benzene rings is 1. The predicted octanol–water partition coefficient (Wildman–Crippen LogP) is 4.70. The summed E-state index contributed by atoms with van der Waals surface area (Å²) in [6, 6.07) is 7.53. The van der Waals surface area contributed by atoms with Crippen LogP contribution in [0.25, 0.3) is 0 Å². The normalized spacial score (nSPS) is 10.6. The van der Waals surface area contributed by atoms with Crippen LogP contribution >= 0.6 is 0 Å². The highest BCUT2D eigenvalue weighted by atomic mass is 16.3. The summed E-state index contributed by atoms with van der Waals surface area (Å²) in [4.78, 5) is 0. The molecule has 0 aromatic heterocycles. The van der Waals surface area contributed by atoms with Gasteiger partial charge in [-0.15, -0.1) is 0 Å². The van der Waals surface area contributed by atoms with Crippen LogP contribution in [0.3, 0.4) is 0 Å². The zero-order valence-corrected chi connectivity index (χ0v) is 10.3. The van der Waals surface area contributed by atoms with Crippen molar-refractivity contribution in [3.8, 4) is 5.75 Å². The van der Waals surface area contributed by atoms with Crippen molar-refractivity contribution in [3.63, 3.8) is 0 Å². The molecule has 1 aromatic rings. The van der Waals surface area contributed by atoms with Crippen LogP contribution in [0.1, 0.15) is 57.4 Å². The van der Waals surface area contributed by atoms with Crippen LogP contribution in [0.15, 0.2) is 24.3 Å². The molecule has 1 N–H and O–H groups in total. The molecule has 0 fully saturated rings. The first-order chi connectivity index (χ1) is 7.84. The molecule has 0 amide bonds. The van der Waals surface area contributed by atoms with E-state index in [1.165, 1.54) is 38.5 Å². The van der Waals surface area contributed by atoms with Gasteiger partial charge in [-0.1, -0.05) is 63.6 Å². The minimum atomic E-state index is 0.397. The standard InChI is InChI=1S/C15H23O/c1-2-3-4-5-6-7-8-11-14-12-9-10-13-15(14)16/h9-13,16H,2-8H2,1H3. The number of rotatable bonds is 8. The minimum Gasteiger partial charge on any atom is -0.508 e. The molecular formula is C15H23O. The van der Waals surface area contributed by atoms with Gasteiger partial charge >= 0.3 is 0 Å². The van der Waals surface area contributed by atoms with Gasteiger partial charge in [-0.05, 0) is 24.5 Å². The van der Waals surface area contributed by atoms with Crippen molar-refractivity contribution < 1.29 is 5.11 Å².